The van der Waals surface area contributed by atoms with Crippen molar-refractivity contribution in [2.24, 2.45) is 4.99 Å². The van der Waals surface area contributed by atoms with Gasteiger partial charge >= 0.3 is 0 Å². The molecule has 1 fully saturated rings. The number of hydrogen-bond donors (Lipinski definition) is 2. The molecule has 25 heavy (non-hydrogen) atoms. The summed E-state index contributed by atoms with van der Waals surface area (Å²) in [6, 6.07) is 10.9. The maximum absolute atomic E-state index is 13.7. The zero-order valence-electron chi connectivity index (χ0n) is 13.3. The normalized spacial score (nSPS) is 17.1. The van der Waals surface area contributed by atoms with Crippen molar-refractivity contribution in [3.63, 3.8) is 0 Å². The van der Waals surface area contributed by atoms with Crippen LogP contribution in [0.5, 0.6) is 11.5 Å². The number of aliphatic imine (C=N–C) groups is 1. The number of para-hydroxylation sites is 1. The van der Waals surface area contributed by atoms with Gasteiger partial charge in [0.15, 0.2) is 16.7 Å². The summed E-state index contributed by atoms with van der Waals surface area (Å²) in [6.45, 7) is 2.23. The second kappa shape index (κ2) is 7.40. The molecular weight excluding hydrogens is 343 g/mol. The highest BCUT2D eigenvalue weighted by Crippen LogP contribution is 2.32. The molecule has 1 aliphatic heterocycles. The third kappa shape index (κ3) is 4.00. The molecule has 0 unspecified atom stereocenters. The van der Waals surface area contributed by atoms with Gasteiger partial charge in [0, 0.05) is 0 Å². The van der Waals surface area contributed by atoms with Crippen LogP contribution in [0.15, 0.2) is 52.4 Å². The molecule has 0 atom stereocenters. The van der Waals surface area contributed by atoms with E-state index < -0.39 is 5.82 Å². The minimum atomic E-state index is -0.456. The fourth-order valence-corrected chi connectivity index (χ4v) is 3.01. The molecule has 0 bridgehead atoms. The van der Waals surface area contributed by atoms with Crippen molar-refractivity contribution in [2.45, 2.75) is 6.92 Å². The summed E-state index contributed by atoms with van der Waals surface area (Å²) in [5.41, 5.74) is 0.862. The van der Waals surface area contributed by atoms with Gasteiger partial charge in [-0.2, -0.15) is 0 Å². The molecule has 0 saturated carbocycles. The number of amides is 1. The first-order chi connectivity index (χ1) is 12.1. The van der Waals surface area contributed by atoms with Gasteiger partial charge in [-0.3, -0.25) is 4.79 Å². The minimum absolute atomic E-state index is 0.0364. The Morgan fingerprint density at radius 1 is 1.32 bits per heavy atom. The van der Waals surface area contributed by atoms with E-state index in [1.54, 1.807) is 30.3 Å². The second-order valence-electron chi connectivity index (χ2n) is 5.09. The van der Waals surface area contributed by atoms with E-state index in [1.807, 2.05) is 6.92 Å². The topological polar surface area (TPSA) is 70.9 Å². The number of nitrogens with zero attached hydrogens (tertiary/aromatic N) is 1. The average molecular weight is 358 g/mol. The molecule has 0 aliphatic carbocycles. The summed E-state index contributed by atoms with van der Waals surface area (Å²) in [5, 5.41) is 12.6. The lowest BCUT2D eigenvalue weighted by Crippen LogP contribution is -2.19. The summed E-state index contributed by atoms with van der Waals surface area (Å²) in [4.78, 5) is 16.6. The summed E-state index contributed by atoms with van der Waals surface area (Å²) in [6.07, 6.45) is 1.66. The van der Waals surface area contributed by atoms with Crippen LogP contribution in [-0.2, 0) is 4.79 Å². The third-order valence-electron chi connectivity index (χ3n) is 3.31. The number of phenols is 1. The van der Waals surface area contributed by atoms with Gasteiger partial charge < -0.3 is 15.2 Å². The van der Waals surface area contributed by atoms with E-state index in [0.29, 0.717) is 28.0 Å². The molecule has 3 rings (SSSR count). The Morgan fingerprint density at radius 2 is 2.12 bits per heavy atom. The maximum atomic E-state index is 13.7. The summed E-state index contributed by atoms with van der Waals surface area (Å²) < 4.78 is 19.0. The summed E-state index contributed by atoms with van der Waals surface area (Å²) in [7, 11) is 0. The molecule has 2 aromatic carbocycles. The number of halogens is 1. The van der Waals surface area contributed by atoms with Crippen molar-refractivity contribution >= 4 is 34.6 Å². The highest BCUT2D eigenvalue weighted by Gasteiger charge is 2.24. The number of thioether (sulfide) groups is 1. The Kier molecular flexibility index (Phi) is 5.04. The maximum Gasteiger partial charge on any atom is 0.264 e. The standard InChI is InChI=1S/C18H15FN2O3S/c1-2-24-15-9-11(7-8-14(15)22)10-16-17(23)21-18(25-16)20-13-6-4-3-5-12(13)19/h3-10,22H,2H2,1H3,(H,20,21,23)/b16-10+. The van der Waals surface area contributed by atoms with E-state index >= 15 is 0 Å². The number of benzene rings is 2. The average Bonchev–Trinajstić information content (AvgIpc) is 2.92. The van der Waals surface area contributed by atoms with Crippen molar-refractivity contribution < 1.29 is 19.0 Å². The fraction of sp³-hybridized carbons (Fsp3) is 0.111. The van der Waals surface area contributed by atoms with Crippen molar-refractivity contribution in [3.8, 4) is 11.5 Å². The first-order valence-corrected chi connectivity index (χ1v) is 8.38. The van der Waals surface area contributed by atoms with Crippen LogP contribution in [0.2, 0.25) is 0 Å². The minimum Gasteiger partial charge on any atom is -0.504 e. The number of aromatic hydroxyl groups is 1. The molecule has 0 radical (unpaired) electrons. The number of rotatable bonds is 4. The van der Waals surface area contributed by atoms with E-state index in [9.17, 15) is 14.3 Å². The Hall–Kier alpha value is -2.80. The van der Waals surface area contributed by atoms with Crippen LogP contribution >= 0.6 is 11.8 Å². The van der Waals surface area contributed by atoms with E-state index in [-0.39, 0.29) is 17.3 Å². The van der Waals surface area contributed by atoms with Gasteiger partial charge in [0.1, 0.15) is 11.5 Å². The van der Waals surface area contributed by atoms with Crippen LogP contribution in [-0.4, -0.2) is 22.8 Å². The number of carbonyl (C=O) groups excluding carboxylic acids is 1. The number of phenolic OH excluding ortho intramolecular Hbond substituents is 1. The number of carbonyl (C=O) groups is 1. The summed E-state index contributed by atoms with van der Waals surface area (Å²) >= 11 is 1.12. The number of nitrogens with one attached hydrogen (secondary N) is 1. The van der Waals surface area contributed by atoms with Gasteiger partial charge in [0.2, 0.25) is 0 Å². The number of amidine groups is 1. The fourth-order valence-electron chi connectivity index (χ4n) is 2.18. The number of ether oxygens (including phenoxy) is 1. The van der Waals surface area contributed by atoms with Crippen molar-refractivity contribution in [2.75, 3.05) is 6.61 Å². The molecule has 2 N–H and O–H groups in total. The van der Waals surface area contributed by atoms with E-state index in [0.717, 1.165) is 11.8 Å². The van der Waals surface area contributed by atoms with E-state index in [1.165, 1.54) is 18.2 Å². The highest BCUT2D eigenvalue weighted by molar-refractivity contribution is 8.18. The van der Waals surface area contributed by atoms with Gasteiger partial charge in [0.25, 0.3) is 5.91 Å². The van der Waals surface area contributed by atoms with Crippen LogP contribution < -0.4 is 10.1 Å². The Morgan fingerprint density at radius 3 is 2.88 bits per heavy atom. The van der Waals surface area contributed by atoms with Crippen LogP contribution in [0, 0.1) is 5.82 Å². The summed E-state index contributed by atoms with van der Waals surface area (Å²) in [5.74, 6) is -0.386. The van der Waals surface area contributed by atoms with Crippen LogP contribution in [0.1, 0.15) is 12.5 Å². The highest BCUT2D eigenvalue weighted by atomic mass is 32.2. The van der Waals surface area contributed by atoms with Crippen molar-refractivity contribution in [1.29, 1.82) is 0 Å². The van der Waals surface area contributed by atoms with Gasteiger partial charge in [-0.05, 0) is 54.6 Å². The lowest BCUT2D eigenvalue weighted by molar-refractivity contribution is -0.115. The Labute approximate surface area is 148 Å². The van der Waals surface area contributed by atoms with E-state index in [2.05, 4.69) is 10.3 Å². The van der Waals surface area contributed by atoms with Gasteiger partial charge in [-0.1, -0.05) is 18.2 Å². The zero-order chi connectivity index (χ0) is 17.8. The SMILES string of the molecule is CCOc1cc(/C=C2/SC(=Nc3ccccc3F)NC2=O)ccc1O. The molecule has 0 spiro atoms. The molecule has 1 heterocycles. The van der Waals surface area contributed by atoms with Gasteiger partial charge in [-0.15, -0.1) is 0 Å². The third-order valence-corrected chi connectivity index (χ3v) is 4.22. The van der Waals surface area contributed by atoms with Crippen LogP contribution in [0.25, 0.3) is 6.08 Å². The van der Waals surface area contributed by atoms with Crippen LogP contribution in [0.4, 0.5) is 10.1 Å². The predicted octanol–water partition coefficient (Wildman–Crippen LogP) is 3.82. The van der Waals surface area contributed by atoms with Crippen molar-refractivity contribution in [3.05, 3.63) is 58.8 Å². The molecule has 1 amide bonds. The molecule has 7 heteroatoms. The smallest absolute Gasteiger partial charge is 0.264 e. The zero-order valence-corrected chi connectivity index (χ0v) is 14.1. The Balaban J connectivity index is 1.84. The second-order valence-corrected chi connectivity index (χ2v) is 6.12. The number of hydrogen-bond acceptors (Lipinski definition) is 5. The molecule has 1 aliphatic rings. The monoisotopic (exact) mass is 358 g/mol. The lowest BCUT2D eigenvalue weighted by Gasteiger charge is -2.06. The molecular formula is C18H15FN2O3S. The molecule has 1 saturated heterocycles. The van der Waals surface area contributed by atoms with Gasteiger partial charge in [-0.25, -0.2) is 9.38 Å². The molecule has 5 nitrogen and oxygen atoms in total. The van der Waals surface area contributed by atoms with Crippen molar-refractivity contribution in [1.82, 2.24) is 5.32 Å². The van der Waals surface area contributed by atoms with Gasteiger partial charge in [0.05, 0.1) is 11.5 Å². The Bertz CT molecular complexity index is 880. The molecule has 0 aromatic heterocycles. The molecule has 2 aromatic rings. The lowest BCUT2D eigenvalue weighted by atomic mass is 10.2. The first-order valence-electron chi connectivity index (χ1n) is 7.56. The van der Waals surface area contributed by atoms with Crippen LogP contribution in [0.3, 0.4) is 0 Å². The largest absolute Gasteiger partial charge is 0.504 e. The predicted molar refractivity (Wildman–Crippen MR) is 96.5 cm³/mol. The molecule has 128 valence electrons. The first kappa shape index (κ1) is 17.0. The quantitative estimate of drug-likeness (QED) is 0.815. The van der Waals surface area contributed by atoms with E-state index in [4.69, 9.17) is 4.74 Å².